The average Bonchev–Trinajstić information content (AvgIpc) is 3.42. The van der Waals surface area contributed by atoms with E-state index in [0.29, 0.717) is 24.0 Å². The van der Waals surface area contributed by atoms with Crippen molar-refractivity contribution in [2.75, 3.05) is 7.11 Å². The van der Waals surface area contributed by atoms with Crippen LogP contribution in [0.25, 0.3) is 0 Å². The molecule has 0 radical (unpaired) electrons. The van der Waals surface area contributed by atoms with Crippen molar-refractivity contribution in [3.8, 4) is 5.75 Å². The van der Waals surface area contributed by atoms with Gasteiger partial charge in [-0.2, -0.15) is 0 Å². The molecule has 7 atom stereocenters. The van der Waals surface area contributed by atoms with E-state index in [2.05, 4.69) is 20.8 Å². The predicted molar refractivity (Wildman–Crippen MR) is 131 cm³/mol. The second-order valence-electron chi connectivity index (χ2n) is 12.0. The van der Waals surface area contributed by atoms with Gasteiger partial charge >= 0.3 is 20.2 Å². The second kappa shape index (κ2) is 8.51. The van der Waals surface area contributed by atoms with E-state index < -0.39 is 20.2 Å². The Bertz CT molecular complexity index is 988. The molecular formula is C26H36B2O7. The summed E-state index contributed by atoms with van der Waals surface area (Å²) in [6.07, 6.45) is 7.29. The van der Waals surface area contributed by atoms with Crippen LogP contribution < -0.4 is 4.74 Å². The van der Waals surface area contributed by atoms with E-state index >= 15 is 0 Å². The van der Waals surface area contributed by atoms with Crippen molar-refractivity contribution in [3.63, 3.8) is 0 Å². The highest BCUT2D eigenvalue weighted by Crippen LogP contribution is 2.66. The van der Waals surface area contributed by atoms with Gasteiger partial charge < -0.3 is 28.5 Å². The number of fused-ring (bicyclic) bond motifs is 1. The molecule has 4 saturated carbocycles. The summed E-state index contributed by atoms with van der Waals surface area (Å²) < 4.78 is 32.1. The molecule has 2 aliphatic heterocycles. The third-order valence-electron chi connectivity index (χ3n) is 9.91. The smallest absolute Gasteiger partial charge is 0.458 e. The Balaban J connectivity index is 1.32. The Morgan fingerprint density at radius 2 is 1.83 bits per heavy atom. The fraction of sp³-hybridized carbons (Fsp3) is 0.731. The number of para-hydroxylation sites is 1. The van der Waals surface area contributed by atoms with E-state index in [-0.39, 0.29) is 40.6 Å². The normalized spacial score (nSPS) is 37.9. The van der Waals surface area contributed by atoms with Gasteiger partial charge in [0.1, 0.15) is 11.3 Å². The lowest BCUT2D eigenvalue weighted by molar-refractivity contribution is -0.199. The molecule has 9 heteroatoms. The Morgan fingerprint density at radius 3 is 2.46 bits per heavy atom. The van der Waals surface area contributed by atoms with Crippen LogP contribution in [0.3, 0.4) is 0 Å². The molecule has 4 aliphatic carbocycles. The highest BCUT2D eigenvalue weighted by Gasteiger charge is 2.69. The summed E-state index contributed by atoms with van der Waals surface area (Å²) >= 11 is 0. The molecule has 6 unspecified atom stereocenters. The number of hydrogen-bond donors (Lipinski definition) is 1. The standard InChI is InChI=1S/C26H36B2O7/c1-25(2)16-13-20(25)26(3)21(14-16)34-28(35-26)22(27-32-18-10-5-6-11-19(18)33-27)12-15-8-7-9-17(24(29)30)23(15)31-4/h7-9,16,18-22H,5-6,10-14H2,1-4H3,(H,29,30)/t16?,18?,19?,20?,21?,22-,26?/m1/s1. The molecule has 35 heavy (non-hydrogen) atoms. The van der Waals surface area contributed by atoms with E-state index in [4.69, 9.17) is 23.4 Å². The molecule has 2 saturated heterocycles. The zero-order valence-corrected chi connectivity index (χ0v) is 21.2. The van der Waals surface area contributed by atoms with Crippen LogP contribution in [0.15, 0.2) is 18.2 Å². The fourth-order valence-corrected chi connectivity index (χ4v) is 7.76. The van der Waals surface area contributed by atoms with Crippen LogP contribution in [-0.2, 0) is 25.0 Å². The molecule has 1 aromatic rings. The van der Waals surface area contributed by atoms with E-state index in [1.807, 2.05) is 6.07 Å². The molecule has 1 aromatic carbocycles. The summed E-state index contributed by atoms with van der Waals surface area (Å²) in [5.74, 6) is 0.502. The highest BCUT2D eigenvalue weighted by molar-refractivity contribution is 6.68. The van der Waals surface area contributed by atoms with Gasteiger partial charge in [0, 0.05) is 5.72 Å². The maximum Gasteiger partial charge on any atom is 0.458 e. The predicted octanol–water partition coefficient (Wildman–Crippen LogP) is 4.42. The third-order valence-corrected chi connectivity index (χ3v) is 9.91. The fourth-order valence-electron chi connectivity index (χ4n) is 7.76. The van der Waals surface area contributed by atoms with Gasteiger partial charge in [-0.1, -0.05) is 38.8 Å². The zero-order chi connectivity index (χ0) is 24.5. The lowest BCUT2D eigenvalue weighted by Crippen LogP contribution is -2.65. The van der Waals surface area contributed by atoms with Gasteiger partial charge in [0.15, 0.2) is 0 Å². The topological polar surface area (TPSA) is 83.5 Å². The number of rotatable bonds is 6. The molecule has 0 aromatic heterocycles. The van der Waals surface area contributed by atoms with Crippen LogP contribution in [0, 0.1) is 17.3 Å². The molecule has 0 amide bonds. The number of ether oxygens (including phenoxy) is 1. The van der Waals surface area contributed by atoms with Gasteiger partial charge in [0.05, 0.1) is 31.0 Å². The second-order valence-corrected chi connectivity index (χ2v) is 12.0. The van der Waals surface area contributed by atoms with Crippen LogP contribution in [-0.4, -0.2) is 56.3 Å². The Kier molecular flexibility index (Phi) is 5.79. The van der Waals surface area contributed by atoms with Crippen molar-refractivity contribution in [3.05, 3.63) is 29.3 Å². The Morgan fingerprint density at radius 1 is 1.11 bits per heavy atom. The monoisotopic (exact) mass is 482 g/mol. The lowest BCUT2D eigenvalue weighted by atomic mass is 9.43. The van der Waals surface area contributed by atoms with Gasteiger partial charge in [-0.05, 0) is 67.9 Å². The van der Waals surface area contributed by atoms with Crippen LogP contribution in [0.1, 0.15) is 75.2 Å². The molecule has 2 heterocycles. The van der Waals surface area contributed by atoms with Crippen molar-refractivity contribution in [1.29, 1.82) is 0 Å². The summed E-state index contributed by atoms with van der Waals surface area (Å²) in [6, 6.07) is 5.26. The molecule has 6 fully saturated rings. The van der Waals surface area contributed by atoms with E-state index in [1.54, 1.807) is 12.1 Å². The van der Waals surface area contributed by atoms with Crippen LogP contribution in [0.5, 0.6) is 5.75 Å². The van der Waals surface area contributed by atoms with E-state index in [9.17, 15) is 9.90 Å². The van der Waals surface area contributed by atoms with Gasteiger partial charge in [-0.25, -0.2) is 4.79 Å². The summed E-state index contributed by atoms with van der Waals surface area (Å²) in [5.41, 5.74) is 0.645. The molecule has 188 valence electrons. The molecule has 2 bridgehead atoms. The minimum Gasteiger partial charge on any atom is -0.496 e. The number of carboxylic acids is 1. The number of hydrogen-bond acceptors (Lipinski definition) is 6. The van der Waals surface area contributed by atoms with Gasteiger partial charge in [-0.3, -0.25) is 0 Å². The van der Waals surface area contributed by atoms with Gasteiger partial charge in [0.25, 0.3) is 0 Å². The lowest BCUT2D eigenvalue weighted by Gasteiger charge is -2.64. The SMILES string of the molecule is COc1c(C[C@H](B2OC3CCCCC3O2)B2OC3CC4CC(C4(C)C)C3(C)O2)cccc1C(=O)O. The maximum absolute atomic E-state index is 11.8. The first-order chi connectivity index (χ1) is 16.7. The summed E-state index contributed by atoms with van der Waals surface area (Å²) in [7, 11) is 0.576. The number of methoxy groups -OCH3 is 1. The maximum atomic E-state index is 11.8. The first-order valence-corrected chi connectivity index (χ1v) is 13.3. The zero-order valence-electron chi connectivity index (χ0n) is 21.2. The first kappa shape index (κ1) is 23.8. The van der Waals surface area contributed by atoms with Crippen LogP contribution >= 0.6 is 0 Å². The van der Waals surface area contributed by atoms with Gasteiger partial charge in [-0.15, -0.1) is 0 Å². The number of aromatic carboxylic acids is 1. The summed E-state index contributed by atoms with van der Waals surface area (Å²) in [5, 5.41) is 9.70. The largest absolute Gasteiger partial charge is 0.496 e. The van der Waals surface area contributed by atoms with Crippen molar-refractivity contribution < 1.29 is 33.3 Å². The van der Waals surface area contributed by atoms with Crippen LogP contribution in [0.4, 0.5) is 0 Å². The number of carboxylic acid groups (broad SMARTS) is 1. The molecular weight excluding hydrogens is 446 g/mol. The quantitative estimate of drug-likeness (QED) is 0.602. The van der Waals surface area contributed by atoms with Crippen molar-refractivity contribution in [2.45, 2.75) is 95.3 Å². The van der Waals surface area contributed by atoms with Crippen LogP contribution in [0.2, 0.25) is 5.72 Å². The Hall–Kier alpha value is -1.54. The number of benzene rings is 1. The van der Waals surface area contributed by atoms with Crippen molar-refractivity contribution in [2.24, 2.45) is 17.3 Å². The molecule has 1 N–H and O–H groups in total. The third kappa shape index (κ3) is 3.68. The molecule has 7 rings (SSSR count). The van der Waals surface area contributed by atoms with Crippen molar-refractivity contribution in [1.82, 2.24) is 0 Å². The molecule has 7 nitrogen and oxygen atoms in total. The highest BCUT2D eigenvalue weighted by atomic mass is 16.7. The Labute approximate surface area is 208 Å². The molecule has 6 aliphatic rings. The minimum absolute atomic E-state index is 0.0581. The van der Waals surface area contributed by atoms with Crippen molar-refractivity contribution >= 4 is 20.2 Å². The minimum atomic E-state index is -1.01. The van der Waals surface area contributed by atoms with Gasteiger partial charge in [0.2, 0.25) is 0 Å². The van der Waals surface area contributed by atoms with E-state index in [0.717, 1.165) is 37.7 Å². The average molecular weight is 482 g/mol. The summed E-state index contributed by atoms with van der Waals surface area (Å²) in [4.78, 5) is 11.8. The van der Waals surface area contributed by atoms with E-state index in [1.165, 1.54) is 13.5 Å². The molecule has 0 spiro atoms. The summed E-state index contributed by atoms with van der Waals surface area (Å²) in [6.45, 7) is 6.94. The number of carbonyl (C=O) groups is 1. The first-order valence-electron chi connectivity index (χ1n) is 13.3.